The molecule has 1 aromatic carbocycles. The van der Waals surface area contributed by atoms with Crippen LogP contribution in [0.2, 0.25) is 0 Å². The molecule has 3 aliphatic carbocycles. The summed E-state index contributed by atoms with van der Waals surface area (Å²) in [5.74, 6) is 1.45. The summed E-state index contributed by atoms with van der Waals surface area (Å²) < 4.78 is 26.6. The van der Waals surface area contributed by atoms with Crippen LogP contribution in [0.1, 0.15) is 51.2 Å². The number of carbonyl (C=O) groups is 1. The van der Waals surface area contributed by atoms with Gasteiger partial charge in [0, 0.05) is 12.6 Å². The van der Waals surface area contributed by atoms with E-state index in [1.807, 2.05) is 0 Å². The van der Waals surface area contributed by atoms with Gasteiger partial charge in [-0.25, -0.2) is 8.42 Å². The number of amides is 1. The molecule has 7 heteroatoms. The second-order valence-corrected chi connectivity index (χ2v) is 11.6. The molecule has 0 radical (unpaired) electrons. The van der Waals surface area contributed by atoms with Gasteiger partial charge in [0.1, 0.15) is 6.04 Å². The fraction of sp³-hybridized carbons (Fsp3) is 0.636. The second kappa shape index (κ2) is 7.10. The van der Waals surface area contributed by atoms with Crippen molar-refractivity contribution in [2.75, 3.05) is 5.75 Å². The zero-order valence-corrected chi connectivity index (χ0v) is 18.1. The molecule has 1 heterocycles. The predicted octanol–water partition coefficient (Wildman–Crippen LogP) is 2.65. The Morgan fingerprint density at radius 3 is 2.76 bits per heavy atom. The first kappa shape index (κ1) is 20.4. The molecule has 1 unspecified atom stereocenters. The van der Waals surface area contributed by atoms with Gasteiger partial charge >= 0.3 is 0 Å². The van der Waals surface area contributed by atoms with Crippen LogP contribution in [0, 0.1) is 34.5 Å². The van der Waals surface area contributed by atoms with Crippen molar-refractivity contribution in [2.45, 2.75) is 58.7 Å². The largest absolute Gasteiger partial charge is 0.352 e. The summed E-state index contributed by atoms with van der Waals surface area (Å²) in [6.07, 6.45) is 2.52. The molecular weight excluding hydrogens is 386 g/mol. The number of nitrogens with zero attached hydrogens (tertiary/aromatic N) is 2. The minimum Gasteiger partial charge on any atom is -0.352 e. The molecule has 1 amide bonds. The van der Waals surface area contributed by atoms with Gasteiger partial charge in [-0.1, -0.05) is 32.9 Å². The topological polar surface area (TPSA) is 90.3 Å². The van der Waals surface area contributed by atoms with Crippen LogP contribution < -0.4 is 5.32 Å². The van der Waals surface area contributed by atoms with E-state index >= 15 is 0 Å². The normalized spacial score (nSPS) is 34.8. The van der Waals surface area contributed by atoms with Crippen LogP contribution in [0.5, 0.6) is 0 Å². The highest BCUT2D eigenvalue weighted by atomic mass is 32.2. The van der Waals surface area contributed by atoms with Gasteiger partial charge in [-0.3, -0.25) is 4.79 Å². The average Bonchev–Trinajstić information content (AvgIpc) is 2.97. The third-order valence-electron chi connectivity index (χ3n) is 7.73. The van der Waals surface area contributed by atoms with Crippen LogP contribution in [-0.4, -0.2) is 36.5 Å². The molecule has 6 nitrogen and oxygen atoms in total. The molecule has 0 spiro atoms. The van der Waals surface area contributed by atoms with Crippen molar-refractivity contribution in [2.24, 2.45) is 23.2 Å². The Bertz CT molecular complexity index is 966. The quantitative estimate of drug-likeness (QED) is 0.819. The summed E-state index contributed by atoms with van der Waals surface area (Å²) in [6.45, 7) is 6.97. The number of carbonyl (C=O) groups excluding carboxylic acids is 1. The summed E-state index contributed by atoms with van der Waals surface area (Å²) >= 11 is 0. The van der Waals surface area contributed by atoms with Gasteiger partial charge in [0.2, 0.25) is 15.9 Å². The molecule has 4 fully saturated rings. The van der Waals surface area contributed by atoms with Crippen molar-refractivity contribution in [3.8, 4) is 6.07 Å². The summed E-state index contributed by atoms with van der Waals surface area (Å²) in [6, 6.07) is 8.41. The van der Waals surface area contributed by atoms with Gasteiger partial charge in [-0.15, -0.1) is 0 Å². The number of nitriles is 1. The highest BCUT2D eigenvalue weighted by molar-refractivity contribution is 7.89. The predicted molar refractivity (Wildman–Crippen MR) is 110 cm³/mol. The Morgan fingerprint density at radius 1 is 1.34 bits per heavy atom. The van der Waals surface area contributed by atoms with Crippen molar-refractivity contribution in [1.82, 2.24) is 9.62 Å². The number of hydrogen-bond acceptors (Lipinski definition) is 4. The Labute approximate surface area is 173 Å². The third-order valence-corrected chi connectivity index (χ3v) is 9.58. The number of benzene rings is 1. The molecule has 1 saturated heterocycles. The summed E-state index contributed by atoms with van der Waals surface area (Å²) in [7, 11) is -3.48. The molecule has 29 heavy (non-hydrogen) atoms. The zero-order valence-electron chi connectivity index (χ0n) is 17.3. The number of fused-ring (bicyclic) bond motifs is 2. The van der Waals surface area contributed by atoms with E-state index in [0.29, 0.717) is 35.2 Å². The van der Waals surface area contributed by atoms with Crippen LogP contribution in [0.15, 0.2) is 24.3 Å². The van der Waals surface area contributed by atoms with E-state index in [4.69, 9.17) is 5.26 Å². The maximum Gasteiger partial charge on any atom is 0.238 e. The highest BCUT2D eigenvalue weighted by Gasteiger charge is 2.56. The molecular formula is C22H29N3O3S. The summed E-state index contributed by atoms with van der Waals surface area (Å²) in [4.78, 5) is 13.1. The average molecular weight is 416 g/mol. The van der Waals surface area contributed by atoms with Crippen molar-refractivity contribution < 1.29 is 13.2 Å². The van der Waals surface area contributed by atoms with E-state index in [1.165, 1.54) is 10.7 Å². The monoisotopic (exact) mass is 415 g/mol. The highest BCUT2D eigenvalue weighted by Crippen LogP contribution is 2.61. The van der Waals surface area contributed by atoms with E-state index < -0.39 is 16.1 Å². The molecule has 5 rings (SSSR count). The first-order valence-electron chi connectivity index (χ1n) is 10.4. The standard InChI is InChI=1S/C22H29N3O3S/c1-14-18-10-17(22(18,2)3)11-19(14)24-21(26)20-7-8-29(27,28)25(20)13-16-6-4-5-15(9-16)12-23/h4-6,9,14,17-20H,7-8,10-11,13H2,1-3H3,(H,24,26)/t14-,17-,18+,19-,20?/m0/s1. The molecule has 1 aliphatic heterocycles. The first-order chi connectivity index (χ1) is 13.6. The van der Waals surface area contributed by atoms with Crippen molar-refractivity contribution in [3.63, 3.8) is 0 Å². The van der Waals surface area contributed by atoms with E-state index in [1.54, 1.807) is 24.3 Å². The fourth-order valence-corrected chi connectivity index (χ4v) is 7.41. The number of rotatable bonds is 4. The van der Waals surface area contributed by atoms with Crippen molar-refractivity contribution in [3.05, 3.63) is 35.4 Å². The molecule has 4 aliphatic rings. The Kier molecular flexibility index (Phi) is 4.99. The molecule has 5 atom stereocenters. The molecule has 0 aromatic heterocycles. The molecule has 2 bridgehead atoms. The SMILES string of the molecule is C[C@@H]1[C@@H](NC(=O)C2CCS(=O)(=O)N2Cc2cccc(C#N)c2)C[C@@H]2C[C@H]1C2(C)C. The lowest BCUT2D eigenvalue weighted by Crippen LogP contribution is -2.61. The zero-order chi connectivity index (χ0) is 21.0. The maximum atomic E-state index is 13.1. The van der Waals surface area contributed by atoms with Gasteiger partial charge in [0.05, 0.1) is 17.4 Å². The Hall–Kier alpha value is -1.91. The van der Waals surface area contributed by atoms with Crippen LogP contribution >= 0.6 is 0 Å². The Balaban J connectivity index is 1.48. The van der Waals surface area contributed by atoms with Gasteiger partial charge in [-0.05, 0) is 60.1 Å². The molecule has 1 N–H and O–H groups in total. The third kappa shape index (κ3) is 3.47. The van der Waals surface area contributed by atoms with Crippen LogP contribution in [0.4, 0.5) is 0 Å². The first-order valence-corrected chi connectivity index (χ1v) is 12.0. The van der Waals surface area contributed by atoms with Gasteiger partial charge in [0.15, 0.2) is 0 Å². The van der Waals surface area contributed by atoms with Gasteiger partial charge in [-0.2, -0.15) is 9.57 Å². The smallest absolute Gasteiger partial charge is 0.238 e. The summed E-state index contributed by atoms with van der Waals surface area (Å²) in [5.41, 5.74) is 1.55. The van der Waals surface area contributed by atoms with Crippen molar-refractivity contribution >= 4 is 15.9 Å². The lowest BCUT2D eigenvalue weighted by atomic mass is 9.45. The van der Waals surface area contributed by atoms with Crippen molar-refractivity contribution in [1.29, 1.82) is 5.26 Å². The maximum absolute atomic E-state index is 13.1. The fourth-order valence-electron chi connectivity index (χ4n) is 5.72. The molecule has 1 aromatic rings. The van der Waals surface area contributed by atoms with E-state index in [9.17, 15) is 13.2 Å². The number of nitrogens with one attached hydrogen (secondary N) is 1. The van der Waals surface area contributed by atoms with Crippen LogP contribution in [0.25, 0.3) is 0 Å². The summed E-state index contributed by atoms with van der Waals surface area (Å²) in [5, 5.41) is 12.3. The lowest BCUT2D eigenvalue weighted by Gasteiger charge is -2.62. The lowest BCUT2D eigenvalue weighted by molar-refractivity contribution is -0.136. The van der Waals surface area contributed by atoms with Crippen LogP contribution in [-0.2, 0) is 21.4 Å². The van der Waals surface area contributed by atoms with E-state index in [2.05, 4.69) is 32.2 Å². The minimum absolute atomic E-state index is 0.0124. The Morgan fingerprint density at radius 2 is 2.10 bits per heavy atom. The van der Waals surface area contributed by atoms with E-state index in [-0.39, 0.29) is 24.2 Å². The van der Waals surface area contributed by atoms with Crippen LogP contribution in [0.3, 0.4) is 0 Å². The van der Waals surface area contributed by atoms with Gasteiger partial charge in [0.25, 0.3) is 0 Å². The van der Waals surface area contributed by atoms with E-state index in [0.717, 1.165) is 12.0 Å². The number of sulfonamides is 1. The molecule has 156 valence electrons. The van der Waals surface area contributed by atoms with Gasteiger partial charge < -0.3 is 5.32 Å². The minimum atomic E-state index is -3.48. The molecule has 3 saturated carbocycles. The number of hydrogen-bond donors (Lipinski definition) is 1. The second-order valence-electron chi connectivity index (χ2n) is 9.55.